The molecule has 116 valence electrons. The Hall–Kier alpha value is -2.11. The summed E-state index contributed by atoms with van der Waals surface area (Å²) < 4.78 is 0. The number of benzene rings is 2. The van der Waals surface area contributed by atoms with Gasteiger partial charge < -0.3 is 5.32 Å². The number of hydrogen-bond donors (Lipinski definition) is 1. The molecule has 4 nitrogen and oxygen atoms in total. The number of amides is 1. The highest BCUT2D eigenvalue weighted by atomic mass is 35.5. The van der Waals surface area contributed by atoms with E-state index in [9.17, 15) is 4.79 Å². The van der Waals surface area contributed by atoms with E-state index in [2.05, 4.69) is 15.5 Å². The van der Waals surface area contributed by atoms with E-state index in [-0.39, 0.29) is 11.2 Å². The number of nitrogens with zero attached hydrogens (tertiary/aromatic N) is 2. The Bertz CT molecular complexity index is 772. The molecule has 0 bridgehead atoms. The molecule has 1 fully saturated rings. The van der Waals surface area contributed by atoms with Gasteiger partial charge in [0.15, 0.2) is 5.17 Å². The Morgan fingerprint density at radius 1 is 1.13 bits per heavy atom. The van der Waals surface area contributed by atoms with Crippen LogP contribution < -0.4 is 5.32 Å². The van der Waals surface area contributed by atoms with Crippen molar-refractivity contribution in [2.24, 2.45) is 10.2 Å². The topological polar surface area (TPSA) is 53.8 Å². The molecule has 23 heavy (non-hydrogen) atoms. The van der Waals surface area contributed by atoms with Gasteiger partial charge in [-0.2, -0.15) is 5.10 Å². The van der Waals surface area contributed by atoms with Crippen LogP contribution in [-0.4, -0.2) is 16.8 Å². The van der Waals surface area contributed by atoms with E-state index in [1.807, 2.05) is 49.4 Å². The first-order chi connectivity index (χ1) is 11.1. The fraction of sp³-hybridized carbons (Fsp3) is 0.118. The zero-order valence-electron chi connectivity index (χ0n) is 12.4. The first kappa shape index (κ1) is 15.8. The summed E-state index contributed by atoms with van der Waals surface area (Å²) >= 11 is 7.24. The van der Waals surface area contributed by atoms with Crippen LogP contribution >= 0.6 is 23.4 Å². The molecular formula is C17H14ClN3OS. The summed E-state index contributed by atoms with van der Waals surface area (Å²) in [7, 11) is 0. The largest absolute Gasteiger partial charge is 0.302 e. The average Bonchev–Trinajstić information content (AvgIpc) is 2.95. The molecule has 1 aliphatic rings. The van der Waals surface area contributed by atoms with Crippen molar-refractivity contribution in [1.29, 1.82) is 0 Å². The van der Waals surface area contributed by atoms with Gasteiger partial charge in [-0.15, -0.1) is 5.10 Å². The Morgan fingerprint density at radius 3 is 2.52 bits per heavy atom. The lowest BCUT2D eigenvalue weighted by Crippen LogP contribution is -2.21. The second-order valence-corrected chi connectivity index (χ2v) is 6.53. The summed E-state index contributed by atoms with van der Waals surface area (Å²) in [5.74, 6) is -0.0701. The fourth-order valence-electron chi connectivity index (χ4n) is 2.13. The van der Waals surface area contributed by atoms with Crippen molar-refractivity contribution in [3.8, 4) is 0 Å². The lowest BCUT2D eigenvalue weighted by atomic mass is 10.1. The first-order valence-electron chi connectivity index (χ1n) is 7.04. The second kappa shape index (κ2) is 6.98. The third-order valence-electron chi connectivity index (χ3n) is 3.35. The Morgan fingerprint density at radius 2 is 1.83 bits per heavy atom. The molecule has 0 saturated carbocycles. The number of rotatable bonds is 3. The van der Waals surface area contributed by atoms with Gasteiger partial charge in [-0.25, -0.2) is 0 Å². The molecule has 2 aromatic rings. The fourth-order valence-corrected chi connectivity index (χ4v) is 3.19. The summed E-state index contributed by atoms with van der Waals surface area (Å²) in [5, 5.41) is 12.0. The van der Waals surface area contributed by atoms with E-state index in [0.717, 1.165) is 16.8 Å². The van der Waals surface area contributed by atoms with Crippen LogP contribution in [0.15, 0.2) is 64.8 Å². The molecule has 1 atom stereocenters. The van der Waals surface area contributed by atoms with Crippen LogP contribution in [-0.2, 0) is 4.79 Å². The molecule has 1 N–H and O–H groups in total. The Balaban J connectivity index is 1.75. The standard InChI is InChI=1S/C17H14ClN3OS/c1-11(12-7-9-14(18)10-8-12)20-21-17-19-16(22)15(23-17)13-5-3-2-4-6-13/h2-10,15H,1H3,(H,19,21,22)/b20-11+/t15-/m1/s1. The average molecular weight is 344 g/mol. The van der Waals surface area contributed by atoms with Gasteiger partial charge >= 0.3 is 0 Å². The molecule has 1 saturated heterocycles. The summed E-state index contributed by atoms with van der Waals surface area (Å²) in [6.07, 6.45) is 0. The van der Waals surface area contributed by atoms with Crippen molar-refractivity contribution in [2.45, 2.75) is 12.2 Å². The number of carbonyl (C=O) groups excluding carboxylic acids is 1. The molecule has 0 unspecified atom stereocenters. The van der Waals surface area contributed by atoms with Crippen LogP contribution in [0.2, 0.25) is 5.02 Å². The minimum absolute atomic E-state index is 0.0701. The molecule has 1 heterocycles. The number of halogens is 1. The van der Waals surface area contributed by atoms with Crippen molar-refractivity contribution in [3.05, 3.63) is 70.7 Å². The molecule has 0 radical (unpaired) electrons. The van der Waals surface area contributed by atoms with E-state index in [1.54, 1.807) is 12.1 Å². The van der Waals surface area contributed by atoms with E-state index in [1.165, 1.54) is 11.8 Å². The van der Waals surface area contributed by atoms with E-state index in [0.29, 0.717) is 10.2 Å². The van der Waals surface area contributed by atoms with Gasteiger partial charge in [-0.3, -0.25) is 4.79 Å². The van der Waals surface area contributed by atoms with Crippen LogP contribution in [0.1, 0.15) is 23.3 Å². The second-order valence-electron chi connectivity index (χ2n) is 5.00. The smallest absolute Gasteiger partial charge is 0.244 e. The molecular weight excluding hydrogens is 330 g/mol. The van der Waals surface area contributed by atoms with Crippen molar-refractivity contribution in [2.75, 3.05) is 0 Å². The maximum Gasteiger partial charge on any atom is 0.244 e. The Kier molecular flexibility index (Phi) is 4.79. The van der Waals surface area contributed by atoms with E-state index >= 15 is 0 Å². The van der Waals surface area contributed by atoms with Crippen molar-refractivity contribution in [1.82, 2.24) is 5.32 Å². The minimum Gasteiger partial charge on any atom is -0.302 e. The lowest BCUT2D eigenvalue weighted by Gasteiger charge is -2.03. The highest BCUT2D eigenvalue weighted by Crippen LogP contribution is 2.34. The lowest BCUT2D eigenvalue weighted by molar-refractivity contribution is -0.118. The number of thioether (sulfide) groups is 1. The molecule has 0 aliphatic carbocycles. The van der Waals surface area contributed by atoms with Crippen LogP contribution in [0.4, 0.5) is 0 Å². The highest BCUT2D eigenvalue weighted by Gasteiger charge is 2.31. The normalized spacial score (nSPS) is 19.9. The summed E-state index contributed by atoms with van der Waals surface area (Å²) in [4.78, 5) is 12.1. The number of amidine groups is 1. The van der Waals surface area contributed by atoms with Crippen molar-refractivity contribution in [3.63, 3.8) is 0 Å². The van der Waals surface area contributed by atoms with Gasteiger partial charge in [-0.1, -0.05) is 65.8 Å². The van der Waals surface area contributed by atoms with Gasteiger partial charge in [0.1, 0.15) is 5.25 Å². The van der Waals surface area contributed by atoms with Gasteiger partial charge in [0.25, 0.3) is 0 Å². The van der Waals surface area contributed by atoms with Crippen LogP contribution in [0.25, 0.3) is 0 Å². The van der Waals surface area contributed by atoms with Gasteiger partial charge in [0.05, 0.1) is 5.71 Å². The number of carbonyl (C=O) groups is 1. The van der Waals surface area contributed by atoms with Gasteiger partial charge in [0, 0.05) is 5.02 Å². The monoisotopic (exact) mass is 343 g/mol. The highest BCUT2D eigenvalue weighted by molar-refractivity contribution is 8.15. The maximum atomic E-state index is 12.1. The van der Waals surface area contributed by atoms with E-state index in [4.69, 9.17) is 11.6 Å². The number of hydrogen-bond acceptors (Lipinski definition) is 4. The van der Waals surface area contributed by atoms with Crippen LogP contribution in [0.3, 0.4) is 0 Å². The SMILES string of the molecule is C/C(=N\N=C1\NC(=O)[C@@H](c2ccccc2)S1)c1ccc(Cl)cc1. The predicted molar refractivity (Wildman–Crippen MR) is 96.0 cm³/mol. The molecule has 1 amide bonds. The minimum atomic E-state index is -0.277. The summed E-state index contributed by atoms with van der Waals surface area (Å²) in [6.45, 7) is 1.86. The van der Waals surface area contributed by atoms with Crippen molar-refractivity contribution >= 4 is 40.1 Å². The molecule has 0 spiro atoms. The van der Waals surface area contributed by atoms with Crippen molar-refractivity contribution < 1.29 is 4.79 Å². The Labute approximate surface area is 143 Å². The molecule has 1 aliphatic heterocycles. The zero-order chi connectivity index (χ0) is 16.2. The zero-order valence-corrected chi connectivity index (χ0v) is 13.9. The molecule has 0 aromatic heterocycles. The van der Waals surface area contributed by atoms with Crippen LogP contribution in [0.5, 0.6) is 0 Å². The molecule has 6 heteroatoms. The third-order valence-corrected chi connectivity index (χ3v) is 4.73. The van der Waals surface area contributed by atoms with Gasteiger partial charge in [-0.05, 0) is 30.2 Å². The molecule has 2 aromatic carbocycles. The third kappa shape index (κ3) is 3.81. The summed E-state index contributed by atoms with van der Waals surface area (Å²) in [5.41, 5.74) is 2.65. The van der Waals surface area contributed by atoms with Gasteiger partial charge in [0.2, 0.25) is 5.91 Å². The molecule has 3 rings (SSSR count). The number of nitrogens with one attached hydrogen (secondary N) is 1. The quantitative estimate of drug-likeness (QED) is 0.676. The summed E-state index contributed by atoms with van der Waals surface area (Å²) in [6, 6.07) is 17.0. The van der Waals surface area contributed by atoms with Crippen LogP contribution in [0, 0.1) is 0 Å². The van der Waals surface area contributed by atoms with E-state index < -0.39 is 0 Å². The maximum absolute atomic E-state index is 12.1. The predicted octanol–water partition coefficient (Wildman–Crippen LogP) is 4.02. The first-order valence-corrected chi connectivity index (χ1v) is 8.30.